The van der Waals surface area contributed by atoms with Crippen molar-refractivity contribution in [3.8, 4) is 11.9 Å². The van der Waals surface area contributed by atoms with Gasteiger partial charge in [0.2, 0.25) is 5.88 Å². The SMILES string of the molecule is CCOc1nc(C(=O)NCc2ccc(C)cc2C)cc(N)c1C#N. The summed E-state index contributed by atoms with van der Waals surface area (Å²) >= 11 is 0. The minimum Gasteiger partial charge on any atom is -0.477 e. The number of benzene rings is 1. The van der Waals surface area contributed by atoms with E-state index < -0.39 is 0 Å². The number of anilines is 1. The Morgan fingerprint density at radius 3 is 2.75 bits per heavy atom. The van der Waals surface area contributed by atoms with Crippen molar-refractivity contribution in [2.24, 2.45) is 0 Å². The van der Waals surface area contributed by atoms with Crippen molar-refractivity contribution in [3.63, 3.8) is 0 Å². The minimum atomic E-state index is -0.368. The van der Waals surface area contributed by atoms with E-state index in [9.17, 15) is 4.79 Å². The lowest BCUT2D eigenvalue weighted by molar-refractivity contribution is 0.0945. The molecule has 0 atom stereocenters. The van der Waals surface area contributed by atoms with Gasteiger partial charge in [0.05, 0.1) is 12.3 Å². The standard InChI is InChI=1S/C18H20N4O2/c1-4-24-18-14(9-19)15(20)8-16(22-18)17(23)21-10-13-6-5-11(2)7-12(13)3/h5-8H,4,10H2,1-3H3,(H2,20,22)(H,21,23). The molecule has 0 aliphatic heterocycles. The zero-order valence-corrected chi connectivity index (χ0v) is 14.0. The molecule has 6 nitrogen and oxygen atoms in total. The third-order valence-electron chi connectivity index (χ3n) is 3.58. The molecule has 0 aliphatic carbocycles. The van der Waals surface area contributed by atoms with Gasteiger partial charge in [-0.15, -0.1) is 0 Å². The molecular formula is C18H20N4O2. The Hall–Kier alpha value is -3.07. The topological polar surface area (TPSA) is 101 Å². The lowest BCUT2D eigenvalue weighted by atomic mass is 10.1. The highest BCUT2D eigenvalue weighted by molar-refractivity contribution is 5.93. The van der Waals surface area contributed by atoms with E-state index >= 15 is 0 Å². The van der Waals surface area contributed by atoms with Gasteiger partial charge in [0.15, 0.2) is 0 Å². The molecule has 0 spiro atoms. The number of ether oxygens (including phenoxy) is 1. The first kappa shape index (κ1) is 17.3. The second kappa shape index (κ2) is 7.47. The van der Waals surface area contributed by atoms with Gasteiger partial charge >= 0.3 is 0 Å². The normalized spacial score (nSPS) is 10.1. The molecule has 0 unspecified atom stereocenters. The zero-order chi connectivity index (χ0) is 17.7. The number of nitrogens with one attached hydrogen (secondary N) is 1. The number of nitrogens with zero attached hydrogens (tertiary/aromatic N) is 2. The molecule has 0 aliphatic rings. The number of nitriles is 1. The molecule has 1 amide bonds. The number of carbonyl (C=O) groups excluding carboxylic acids is 1. The second-order valence-corrected chi connectivity index (χ2v) is 5.43. The number of nitrogen functional groups attached to an aromatic ring is 1. The molecule has 2 rings (SSSR count). The first-order valence-electron chi connectivity index (χ1n) is 7.64. The lowest BCUT2D eigenvalue weighted by Crippen LogP contribution is -2.24. The number of hydrogen-bond donors (Lipinski definition) is 2. The van der Waals surface area contributed by atoms with Gasteiger partial charge in [-0.2, -0.15) is 5.26 Å². The quantitative estimate of drug-likeness (QED) is 0.880. The summed E-state index contributed by atoms with van der Waals surface area (Å²) in [7, 11) is 0. The van der Waals surface area contributed by atoms with E-state index in [1.54, 1.807) is 6.92 Å². The van der Waals surface area contributed by atoms with Crippen LogP contribution < -0.4 is 15.8 Å². The number of aromatic nitrogens is 1. The van der Waals surface area contributed by atoms with Crippen LogP contribution in [0.4, 0.5) is 5.69 Å². The molecule has 2 aromatic rings. The predicted molar refractivity (Wildman–Crippen MR) is 91.6 cm³/mol. The van der Waals surface area contributed by atoms with E-state index in [0.29, 0.717) is 13.2 Å². The summed E-state index contributed by atoms with van der Waals surface area (Å²) < 4.78 is 5.30. The van der Waals surface area contributed by atoms with Crippen LogP contribution in [-0.2, 0) is 6.54 Å². The Morgan fingerprint density at radius 2 is 2.12 bits per heavy atom. The van der Waals surface area contributed by atoms with Crippen LogP contribution in [0.2, 0.25) is 0 Å². The highest BCUT2D eigenvalue weighted by Crippen LogP contribution is 2.22. The molecule has 0 radical (unpaired) electrons. The first-order valence-corrected chi connectivity index (χ1v) is 7.64. The summed E-state index contributed by atoms with van der Waals surface area (Å²) in [5, 5.41) is 11.9. The van der Waals surface area contributed by atoms with Crippen molar-refractivity contribution in [1.82, 2.24) is 10.3 Å². The van der Waals surface area contributed by atoms with E-state index in [1.807, 2.05) is 32.0 Å². The van der Waals surface area contributed by atoms with Crippen molar-refractivity contribution in [2.45, 2.75) is 27.3 Å². The van der Waals surface area contributed by atoms with Crippen LogP contribution in [-0.4, -0.2) is 17.5 Å². The molecule has 1 aromatic carbocycles. The van der Waals surface area contributed by atoms with Gasteiger partial charge in [0.1, 0.15) is 17.3 Å². The molecule has 0 saturated heterocycles. The Bertz CT molecular complexity index is 809. The second-order valence-electron chi connectivity index (χ2n) is 5.43. The van der Waals surface area contributed by atoms with Crippen LogP contribution in [0.3, 0.4) is 0 Å². The summed E-state index contributed by atoms with van der Waals surface area (Å²) in [5.41, 5.74) is 9.58. The highest BCUT2D eigenvalue weighted by Gasteiger charge is 2.16. The van der Waals surface area contributed by atoms with Crippen molar-refractivity contribution in [1.29, 1.82) is 5.26 Å². The fourth-order valence-corrected chi connectivity index (χ4v) is 2.32. The molecule has 0 bridgehead atoms. The molecule has 1 heterocycles. The summed E-state index contributed by atoms with van der Waals surface area (Å²) in [6.07, 6.45) is 0. The van der Waals surface area contributed by atoms with Crippen molar-refractivity contribution in [3.05, 3.63) is 52.2 Å². The zero-order valence-electron chi connectivity index (χ0n) is 14.0. The maximum atomic E-state index is 12.3. The van der Waals surface area contributed by atoms with Crippen molar-refractivity contribution < 1.29 is 9.53 Å². The summed E-state index contributed by atoms with van der Waals surface area (Å²) in [6.45, 7) is 6.50. The largest absolute Gasteiger partial charge is 0.477 e. The van der Waals surface area contributed by atoms with E-state index in [2.05, 4.69) is 16.4 Å². The van der Waals surface area contributed by atoms with Gasteiger partial charge in [-0.05, 0) is 38.0 Å². The fraction of sp³-hybridized carbons (Fsp3) is 0.278. The van der Waals surface area contributed by atoms with Gasteiger partial charge < -0.3 is 15.8 Å². The van der Waals surface area contributed by atoms with Crippen LogP contribution in [0.5, 0.6) is 5.88 Å². The Kier molecular flexibility index (Phi) is 5.38. The van der Waals surface area contributed by atoms with Crippen LogP contribution in [0.15, 0.2) is 24.3 Å². The number of amides is 1. The van der Waals surface area contributed by atoms with Gasteiger partial charge in [-0.1, -0.05) is 23.8 Å². The molecule has 6 heteroatoms. The predicted octanol–water partition coefficient (Wildman–Crippen LogP) is 2.48. The van der Waals surface area contributed by atoms with E-state index in [-0.39, 0.29) is 28.7 Å². The van der Waals surface area contributed by atoms with Gasteiger partial charge in [-0.3, -0.25) is 4.79 Å². The monoisotopic (exact) mass is 324 g/mol. The number of aryl methyl sites for hydroxylation is 2. The number of hydrogen-bond acceptors (Lipinski definition) is 5. The Morgan fingerprint density at radius 1 is 1.38 bits per heavy atom. The van der Waals surface area contributed by atoms with Gasteiger partial charge in [-0.25, -0.2) is 4.98 Å². The Labute approximate surface area is 141 Å². The van der Waals surface area contributed by atoms with Gasteiger partial charge in [0.25, 0.3) is 5.91 Å². The highest BCUT2D eigenvalue weighted by atomic mass is 16.5. The number of rotatable bonds is 5. The van der Waals surface area contributed by atoms with Crippen LogP contribution in [0.1, 0.15) is 39.7 Å². The first-order chi connectivity index (χ1) is 11.5. The maximum absolute atomic E-state index is 12.3. The number of nitrogens with two attached hydrogens (primary N) is 1. The van der Waals surface area contributed by atoms with E-state index in [4.69, 9.17) is 15.7 Å². The van der Waals surface area contributed by atoms with E-state index in [0.717, 1.165) is 11.1 Å². The summed E-state index contributed by atoms with van der Waals surface area (Å²) in [4.78, 5) is 16.4. The Balaban J connectivity index is 2.19. The molecule has 24 heavy (non-hydrogen) atoms. The smallest absolute Gasteiger partial charge is 0.270 e. The van der Waals surface area contributed by atoms with Crippen LogP contribution in [0.25, 0.3) is 0 Å². The summed E-state index contributed by atoms with van der Waals surface area (Å²) in [6, 6.07) is 9.37. The molecule has 0 fully saturated rings. The minimum absolute atomic E-state index is 0.0802. The van der Waals surface area contributed by atoms with E-state index in [1.165, 1.54) is 11.6 Å². The van der Waals surface area contributed by atoms with Crippen molar-refractivity contribution in [2.75, 3.05) is 12.3 Å². The summed E-state index contributed by atoms with van der Waals surface area (Å²) in [5.74, 6) is -0.288. The third-order valence-corrected chi connectivity index (χ3v) is 3.58. The molecule has 0 saturated carbocycles. The molecule has 124 valence electrons. The molecule has 3 N–H and O–H groups in total. The molecular weight excluding hydrogens is 304 g/mol. The maximum Gasteiger partial charge on any atom is 0.270 e. The lowest BCUT2D eigenvalue weighted by Gasteiger charge is -2.11. The van der Waals surface area contributed by atoms with Gasteiger partial charge in [0, 0.05) is 6.54 Å². The molecule has 1 aromatic heterocycles. The fourth-order valence-electron chi connectivity index (χ4n) is 2.32. The third kappa shape index (κ3) is 3.82. The van der Waals surface area contributed by atoms with Crippen LogP contribution >= 0.6 is 0 Å². The van der Waals surface area contributed by atoms with Crippen molar-refractivity contribution >= 4 is 11.6 Å². The number of carbonyl (C=O) groups is 1. The van der Waals surface area contributed by atoms with Crippen LogP contribution in [0, 0.1) is 25.2 Å². The average molecular weight is 324 g/mol. The average Bonchev–Trinajstić information content (AvgIpc) is 2.53. The number of pyridine rings is 1.